The molecule has 1 aromatic rings. The van der Waals surface area contributed by atoms with Crippen LogP contribution in [-0.4, -0.2) is 19.6 Å². The Morgan fingerprint density at radius 3 is 2.88 bits per heavy atom. The fraction of sp³-hybridized carbons (Fsp3) is 0.500. The summed E-state index contributed by atoms with van der Waals surface area (Å²) in [7, 11) is 1.46. The molecule has 1 heterocycles. The Labute approximate surface area is 102 Å². The Hall–Kier alpha value is -1.35. The molecule has 17 heavy (non-hydrogen) atoms. The molecule has 0 aromatic heterocycles. The number of benzene rings is 1. The summed E-state index contributed by atoms with van der Waals surface area (Å²) >= 11 is 0. The molecule has 1 aliphatic heterocycles. The van der Waals surface area contributed by atoms with E-state index >= 15 is 0 Å². The first-order valence-corrected chi connectivity index (χ1v) is 6.11. The Bertz CT molecular complexity index is 403. The molecule has 0 aliphatic carbocycles. The molecule has 0 bridgehead atoms. The van der Waals surface area contributed by atoms with E-state index in [4.69, 9.17) is 4.74 Å². The third-order valence-corrected chi connectivity index (χ3v) is 3.49. The van der Waals surface area contributed by atoms with Crippen LogP contribution in [0.1, 0.15) is 30.0 Å². The monoisotopic (exact) mass is 233 g/mol. The van der Waals surface area contributed by atoms with Gasteiger partial charge in [-0.15, -0.1) is 0 Å². The van der Waals surface area contributed by atoms with Crippen molar-refractivity contribution in [1.82, 2.24) is 5.32 Å². The molecular weight excluding hydrogens is 214 g/mol. The van der Waals surface area contributed by atoms with Crippen molar-refractivity contribution < 1.29 is 9.53 Å². The highest BCUT2D eigenvalue weighted by atomic mass is 16.5. The van der Waals surface area contributed by atoms with Gasteiger partial charge in [0.25, 0.3) is 0 Å². The Morgan fingerprint density at radius 2 is 2.18 bits per heavy atom. The van der Waals surface area contributed by atoms with Crippen LogP contribution in [0.2, 0.25) is 0 Å². The second-order valence-electron chi connectivity index (χ2n) is 4.56. The first-order chi connectivity index (χ1) is 8.24. The second-order valence-corrected chi connectivity index (χ2v) is 4.56. The van der Waals surface area contributed by atoms with Gasteiger partial charge in [0.15, 0.2) is 0 Å². The molecule has 2 atom stereocenters. The van der Waals surface area contributed by atoms with Crippen LogP contribution in [0.4, 0.5) is 0 Å². The third kappa shape index (κ3) is 2.50. The van der Waals surface area contributed by atoms with Gasteiger partial charge in [-0.1, -0.05) is 24.3 Å². The molecule has 1 aromatic carbocycles. The van der Waals surface area contributed by atoms with Crippen LogP contribution in [0.15, 0.2) is 24.3 Å². The van der Waals surface area contributed by atoms with E-state index in [1.165, 1.54) is 18.2 Å². The first kappa shape index (κ1) is 12.1. The maximum absolute atomic E-state index is 11.8. The molecule has 3 heteroatoms. The zero-order valence-corrected chi connectivity index (χ0v) is 10.4. The lowest BCUT2D eigenvalue weighted by Gasteiger charge is -2.32. The number of piperidine rings is 1. The van der Waals surface area contributed by atoms with Crippen molar-refractivity contribution in [1.29, 1.82) is 0 Å². The normalized spacial score (nSPS) is 24.4. The maximum atomic E-state index is 11.8. The van der Waals surface area contributed by atoms with Gasteiger partial charge in [-0.25, -0.2) is 0 Å². The third-order valence-electron chi connectivity index (χ3n) is 3.49. The minimum Gasteiger partial charge on any atom is -0.469 e. The standard InChI is InChI=1S/C14H19NO2/c1-10-6-3-4-7-11(10)13-12(14(16)17-2)8-5-9-15-13/h3-4,6-7,12-13,15H,5,8-9H2,1-2H3. The largest absolute Gasteiger partial charge is 0.469 e. The summed E-state index contributed by atoms with van der Waals surface area (Å²) in [5.41, 5.74) is 2.43. The van der Waals surface area contributed by atoms with E-state index in [2.05, 4.69) is 24.4 Å². The van der Waals surface area contributed by atoms with Crippen LogP contribution < -0.4 is 5.32 Å². The van der Waals surface area contributed by atoms with Crippen LogP contribution in [0.25, 0.3) is 0 Å². The van der Waals surface area contributed by atoms with Gasteiger partial charge >= 0.3 is 5.97 Å². The minimum atomic E-state index is -0.106. The van der Waals surface area contributed by atoms with Crippen LogP contribution in [0.3, 0.4) is 0 Å². The molecule has 1 N–H and O–H groups in total. The van der Waals surface area contributed by atoms with E-state index in [-0.39, 0.29) is 17.9 Å². The molecule has 92 valence electrons. The summed E-state index contributed by atoms with van der Waals surface area (Å²) in [6.45, 7) is 3.05. The number of carbonyl (C=O) groups excluding carboxylic acids is 1. The smallest absolute Gasteiger partial charge is 0.310 e. The number of ether oxygens (including phenoxy) is 1. The van der Waals surface area contributed by atoms with Gasteiger partial charge in [0, 0.05) is 6.04 Å². The van der Waals surface area contributed by atoms with E-state index in [9.17, 15) is 4.79 Å². The van der Waals surface area contributed by atoms with E-state index < -0.39 is 0 Å². The highest BCUT2D eigenvalue weighted by Gasteiger charge is 2.33. The Morgan fingerprint density at radius 1 is 1.41 bits per heavy atom. The van der Waals surface area contributed by atoms with Crippen LogP contribution in [-0.2, 0) is 9.53 Å². The summed E-state index contributed by atoms with van der Waals surface area (Å²) in [5.74, 6) is -0.166. The minimum absolute atomic E-state index is 0.0603. The average molecular weight is 233 g/mol. The van der Waals surface area contributed by atoms with Gasteiger partial charge in [-0.2, -0.15) is 0 Å². The van der Waals surface area contributed by atoms with Crippen molar-refractivity contribution in [2.24, 2.45) is 5.92 Å². The molecule has 0 saturated carbocycles. The number of hydrogen-bond acceptors (Lipinski definition) is 3. The van der Waals surface area contributed by atoms with E-state index in [0.29, 0.717) is 0 Å². The van der Waals surface area contributed by atoms with Crippen molar-refractivity contribution in [2.45, 2.75) is 25.8 Å². The quantitative estimate of drug-likeness (QED) is 0.796. The van der Waals surface area contributed by atoms with Crippen molar-refractivity contribution in [3.63, 3.8) is 0 Å². The molecular formula is C14H19NO2. The molecule has 0 radical (unpaired) electrons. The molecule has 2 unspecified atom stereocenters. The topological polar surface area (TPSA) is 38.3 Å². The van der Waals surface area contributed by atoms with Gasteiger partial charge < -0.3 is 10.1 Å². The number of hydrogen-bond donors (Lipinski definition) is 1. The van der Waals surface area contributed by atoms with Gasteiger partial charge in [0.2, 0.25) is 0 Å². The lowest BCUT2D eigenvalue weighted by molar-refractivity contribution is -0.147. The zero-order chi connectivity index (χ0) is 12.3. The van der Waals surface area contributed by atoms with E-state index in [0.717, 1.165) is 19.4 Å². The summed E-state index contributed by atoms with van der Waals surface area (Å²) in [6.07, 6.45) is 1.93. The SMILES string of the molecule is COC(=O)C1CCCNC1c1ccccc1C. The fourth-order valence-corrected chi connectivity index (χ4v) is 2.56. The molecule has 2 rings (SSSR count). The molecule has 1 saturated heterocycles. The highest BCUT2D eigenvalue weighted by Crippen LogP contribution is 2.31. The average Bonchev–Trinajstić information content (AvgIpc) is 2.38. The number of rotatable bonds is 2. The predicted octanol–water partition coefficient (Wildman–Crippen LogP) is 2.21. The fourth-order valence-electron chi connectivity index (χ4n) is 2.56. The summed E-state index contributed by atoms with van der Waals surface area (Å²) in [4.78, 5) is 11.8. The van der Waals surface area contributed by atoms with Crippen molar-refractivity contribution >= 4 is 5.97 Å². The van der Waals surface area contributed by atoms with Gasteiger partial charge in [0.1, 0.15) is 0 Å². The molecule has 0 amide bonds. The summed E-state index contributed by atoms with van der Waals surface area (Å²) < 4.78 is 4.90. The van der Waals surface area contributed by atoms with Gasteiger partial charge in [-0.05, 0) is 37.4 Å². The number of esters is 1. The Balaban J connectivity index is 2.28. The maximum Gasteiger partial charge on any atom is 0.310 e. The molecule has 1 aliphatic rings. The van der Waals surface area contributed by atoms with Crippen LogP contribution >= 0.6 is 0 Å². The lowest BCUT2D eigenvalue weighted by atomic mass is 9.84. The molecule has 0 spiro atoms. The number of nitrogens with one attached hydrogen (secondary N) is 1. The van der Waals surface area contributed by atoms with Gasteiger partial charge in [0.05, 0.1) is 13.0 Å². The predicted molar refractivity (Wildman–Crippen MR) is 66.7 cm³/mol. The van der Waals surface area contributed by atoms with Crippen molar-refractivity contribution in [3.05, 3.63) is 35.4 Å². The van der Waals surface area contributed by atoms with Crippen LogP contribution in [0.5, 0.6) is 0 Å². The summed E-state index contributed by atoms with van der Waals surface area (Å²) in [6, 6.07) is 8.31. The van der Waals surface area contributed by atoms with Crippen molar-refractivity contribution in [3.8, 4) is 0 Å². The first-order valence-electron chi connectivity index (χ1n) is 6.11. The number of carbonyl (C=O) groups is 1. The lowest BCUT2D eigenvalue weighted by Crippen LogP contribution is -2.39. The summed E-state index contributed by atoms with van der Waals surface area (Å²) in [5, 5.41) is 3.44. The zero-order valence-electron chi connectivity index (χ0n) is 10.4. The van der Waals surface area contributed by atoms with Crippen molar-refractivity contribution in [2.75, 3.05) is 13.7 Å². The number of aryl methyl sites for hydroxylation is 1. The second kappa shape index (κ2) is 5.32. The molecule has 3 nitrogen and oxygen atoms in total. The number of methoxy groups -OCH3 is 1. The molecule has 1 fully saturated rings. The Kier molecular flexibility index (Phi) is 3.79. The highest BCUT2D eigenvalue weighted by molar-refractivity contribution is 5.73. The van der Waals surface area contributed by atoms with Gasteiger partial charge in [-0.3, -0.25) is 4.79 Å². The van der Waals surface area contributed by atoms with Crippen LogP contribution in [0, 0.1) is 12.8 Å². The van der Waals surface area contributed by atoms with E-state index in [1.54, 1.807) is 0 Å². The van der Waals surface area contributed by atoms with E-state index in [1.807, 2.05) is 12.1 Å².